The topological polar surface area (TPSA) is 90.2 Å². The number of aliphatic carboxylic acids is 1. The molecule has 5 heteroatoms. The van der Waals surface area contributed by atoms with E-state index in [-0.39, 0.29) is 24.7 Å². The molecule has 1 aromatic rings. The maximum absolute atomic E-state index is 11.1. The lowest BCUT2D eigenvalue weighted by atomic mass is 10.00. The lowest BCUT2D eigenvalue weighted by Gasteiger charge is -2.20. The third-order valence-electron chi connectivity index (χ3n) is 3.15. The summed E-state index contributed by atoms with van der Waals surface area (Å²) in [5.74, 6) is -0.738. The summed E-state index contributed by atoms with van der Waals surface area (Å²) < 4.78 is 0. The van der Waals surface area contributed by atoms with Gasteiger partial charge in [-0.1, -0.05) is 36.8 Å². The van der Waals surface area contributed by atoms with Crippen molar-refractivity contribution in [2.24, 2.45) is 0 Å². The van der Waals surface area contributed by atoms with Crippen molar-refractivity contribution in [3.8, 4) is 6.07 Å². The van der Waals surface area contributed by atoms with Gasteiger partial charge in [-0.05, 0) is 24.9 Å². The summed E-state index contributed by atoms with van der Waals surface area (Å²) in [7, 11) is 0. The van der Waals surface area contributed by atoms with Gasteiger partial charge in [0.05, 0.1) is 25.0 Å². The highest BCUT2D eigenvalue weighted by Crippen LogP contribution is 2.08. The van der Waals surface area contributed by atoms with Gasteiger partial charge in [-0.3, -0.25) is 9.59 Å². The van der Waals surface area contributed by atoms with Gasteiger partial charge in [0.1, 0.15) is 0 Å². The molecule has 0 saturated carbocycles. The van der Waals surface area contributed by atoms with E-state index in [1.54, 1.807) is 12.1 Å². The normalized spacial score (nSPS) is 17.0. The van der Waals surface area contributed by atoms with Crippen LogP contribution >= 0.6 is 0 Å². The molecule has 21 heavy (non-hydrogen) atoms. The number of nitrogens with zero attached hydrogens (tertiary/aromatic N) is 1. The van der Waals surface area contributed by atoms with Crippen LogP contribution in [0.5, 0.6) is 0 Å². The summed E-state index contributed by atoms with van der Waals surface area (Å²) in [5.41, 5.74) is 0.843. The van der Waals surface area contributed by atoms with Crippen molar-refractivity contribution in [1.82, 2.24) is 5.32 Å². The lowest BCUT2D eigenvalue weighted by Crippen LogP contribution is -2.40. The van der Waals surface area contributed by atoms with Crippen LogP contribution in [-0.2, 0) is 16.0 Å². The second kappa shape index (κ2) is 9.67. The van der Waals surface area contributed by atoms with E-state index in [4.69, 9.17) is 10.4 Å². The summed E-state index contributed by atoms with van der Waals surface area (Å²) in [6, 6.07) is 11.0. The molecule has 0 aliphatic carbocycles. The Hall–Kier alpha value is -2.19. The largest absolute Gasteiger partial charge is 0.481 e. The van der Waals surface area contributed by atoms with E-state index < -0.39 is 5.97 Å². The first-order valence-electron chi connectivity index (χ1n) is 7.02. The SMILES string of the molecule is N#CCC(=O)C1CCCCN1.O=C(O)Cc1ccccc1. The number of piperidine rings is 1. The first kappa shape index (κ1) is 16.9. The number of rotatable bonds is 4. The quantitative estimate of drug-likeness (QED) is 0.883. The smallest absolute Gasteiger partial charge is 0.307 e. The number of benzene rings is 1. The van der Waals surface area contributed by atoms with Crippen molar-refractivity contribution in [3.63, 3.8) is 0 Å². The highest BCUT2D eigenvalue weighted by atomic mass is 16.4. The van der Waals surface area contributed by atoms with Crippen LogP contribution in [0.15, 0.2) is 30.3 Å². The van der Waals surface area contributed by atoms with Crippen LogP contribution in [0.3, 0.4) is 0 Å². The Balaban J connectivity index is 0.000000211. The predicted molar refractivity (Wildman–Crippen MR) is 78.7 cm³/mol. The number of carboxylic acid groups (broad SMARTS) is 1. The summed E-state index contributed by atoms with van der Waals surface area (Å²) in [6.07, 6.45) is 3.32. The molecule has 5 nitrogen and oxygen atoms in total. The molecular weight excluding hydrogens is 268 g/mol. The molecule has 0 radical (unpaired) electrons. The fourth-order valence-electron chi connectivity index (χ4n) is 2.10. The minimum Gasteiger partial charge on any atom is -0.481 e. The number of Topliss-reactive ketones (excluding diaryl/α,β-unsaturated/α-hetero) is 1. The second-order valence-corrected chi connectivity index (χ2v) is 4.86. The van der Waals surface area contributed by atoms with E-state index in [1.165, 1.54) is 0 Å². The molecule has 1 aliphatic heterocycles. The molecule has 1 aromatic carbocycles. The predicted octanol–water partition coefficient (Wildman–Crippen LogP) is 1.92. The number of nitriles is 1. The van der Waals surface area contributed by atoms with Gasteiger partial charge in [0.15, 0.2) is 5.78 Å². The van der Waals surface area contributed by atoms with Gasteiger partial charge < -0.3 is 10.4 Å². The molecule has 2 N–H and O–H groups in total. The summed E-state index contributed by atoms with van der Waals surface area (Å²) in [6.45, 7) is 0.918. The van der Waals surface area contributed by atoms with Gasteiger partial charge >= 0.3 is 5.97 Å². The zero-order valence-corrected chi connectivity index (χ0v) is 11.9. The average Bonchev–Trinajstić information content (AvgIpc) is 2.49. The maximum atomic E-state index is 11.1. The summed E-state index contributed by atoms with van der Waals surface area (Å²) in [4.78, 5) is 21.3. The van der Waals surface area contributed by atoms with E-state index in [1.807, 2.05) is 24.3 Å². The molecule has 1 aliphatic rings. The summed E-state index contributed by atoms with van der Waals surface area (Å²) in [5, 5.41) is 19.7. The van der Waals surface area contributed by atoms with Gasteiger partial charge in [0.2, 0.25) is 0 Å². The van der Waals surface area contributed by atoms with Gasteiger partial charge in [0, 0.05) is 0 Å². The number of carboxylic acids is 1. The minimum absolute atomic E-state index is 0.0385. The first-order valence-corrected chi connectivity index (χ1v) is 7.02. The number of nitrogens with one attached hydrogen (secondary N) is 1. The van der Waals surface area contributed by atoms with E-state index in [0.29, 0.717) is 0 Å². The van der Waals surface area contributed by atoms with E-state index >= 15 is 0 Å². The zero-order chi connectivity index (χ0) is 15.5. The van der Waals surface area contributed by atoms with E-state index in [0.717, 1.165) is 31.4 Å². The van der Waals surface area contributed by atoms with E-state index in [2.05, 4.69) is 5.32 Å². The van der Waals surface area contributed by atoms with Crippen LogP contribution in [0.2, 0.25) is 0 Å². The standard InChI is InChI=1S/C8H12N2O.C8H8O2/c9-5-4-8(11)7-3-1-2-6-10-7;9-8(10)6-7-4-2-1-3-5-7/h7,10H,1-4,6H2;1-5H,6H2,(H,9,10). The van der Waals surface area contributed by atoms with Crippen LogP contribution in [-0.4, -0.2) is 29.4 Å². The highest BCUT2D eigenvalue weighted by molar-refractivity contribution is 5.85. The Morgan fingerprint density at radius 1 is 1.29 bits per heavy atom. The van der Waals surface area contributed by atoms with Crippen LogP contribution in [0.25, 0.3) is 0 Å². The van der Waals surface area contributed by atoms with Gasteiger partial charge in [0.25, 0.3) is 0 Å². The average molecular weight is 288 g/mol. The number of hydrogen-bond donors (Lipinski definition) is 2. The number of carbonyl (C=O) groups excluding carboxylic acids is 1. The number of ketones is 1. The maximum Gasteiger partial charge on any atom is 0.307 e. The second-order valence-electron chi connectivity index (χ2n) is 4.86. The zero-order valence-electron chi connectivity index (χ0n) is 11.9. The molecule has 1 atom stereocenters. The van der Waals surface area contributed by atoms with Crippen molar-refractivity contribution < 1.29 is 14.7 Å². The molecule has 1 fully saturated rings. The Bertz CT molecular complexity index is 488. The molecule has 1 heterocycles. The van der Waals surface area contributed by atoms with Crippen LogP contribution < -0.4 is 5.32 Å². The Morgan fingerprint density at radius 3 is 2.52 bits per heavy atom. The van der Waals surface area contributed by atoms with Crippen LogP contribution in [0.1, 0.15) is 31.2 Å². The van der Waals surface area contributed by atoms with Crippen LogP contribution in [0.4, 0.5) is 0 Å². The molecular formula is C16H20N2O3. The van der Waals surface area contributed by atoms with Crippen molar-refractivity contribution in [3.05, 3.63) is 35.9 Å². The molecule has 0 amide bonds. The fourth-order valence-corrected chi connectivity index (χ4v) is 2.10. The Kier molecular flexibility index (Phi) is 7.77. The Labute approximate surface area is 124 Å². The van der Waals surface area contributed by atoms with Crippen molar-refractivity contribution in [1.29, 1.82) is 5.26 Å². The molecule has 1 saturated heterocycles. The number of carbonyl (C=O) groups is 2. The van der Waals surface area contributed by atoms with Gasteiger partial charge in [-0.2, -0.15) is 5.26 Å². The molecule has 1 unspecified atom stereocenters. The number of hydrogen-bond acceptors (Lipinski definition) is 4. The minimum atomic E-state index is -0.786. The van der Waals surface area contributed by atoms with Crippen molar-refractivity contribution in [2.75, 3.05) is 6.54 Å². The fraction of sp³-hybridized carbons (Fsp3) is 0.438. The molecule has 0 aromatic heterocycles. The third kappa shape index (κ3) is 7.23. The monoisotopic (exact) mass is 288 g/mol. The summed E-state index contributed by atoms with van der Waals surface area (Å²) >= 11 is 0. The van der Waals surface area contributed by atoms with Crippen molar-refractivity contribution >= 4 is 11.8 Å². The van der Waals surface area contributed by atoms with Crippen molar-refractivity contribution in [2.45, 2.75) is 38.1 Å². The molecule has 112 valence electrons. The third-order valence-corrected chi connectivity index (χ3v) is 3.15. The first-order chi connectivity index (χ1) is 10.1. The highest BCUT2D eigenvalue weighted by Gasteiger charge is 2.19. The Morgan fingerprint density at radius 2 is 2.00 bits per heavy atom. The molecule has 0 bridgehead atoms. The molecule has 0 spiro atoms. The van der Waals surface area contributed by atoms with E-state index in [9.17, 15) is 9.59 Å². The van der Waals surface area contributed by atoms with Gasteiger partial charge in [-0.15, -0.1) is 0 Å². The lowest BCUT2D eigenvalue weighted by molar-refractivity contribution is -0.136. The van der Waals surface area contributed by atoms with Gasteiger partial charge in [-0.25, -0.2) is 0 Å². The molecule has 2 rings (SSSR count). The van der Waals surface area contributed by atoms with Crippen LogP contribution in [0, 0.1) is 11.3 Å².